The molecule has 0 bridgehead atoms. The summed E-state index contributed by atoms with van der Waals surface area (Å²) < 4.78 is 9.63. The molecule has 1 rings (SSSR count). The molecule has 14 heavy (non-hydrogen) atoms. The Kier molecular flexibility index (Phi) is 4.43. The van der Waals surface area contributed by atoms with Crippen LogP contribution in [0.25, 0.3) is 0 Å². The van der Waals surface area contributed by atoms with Gasteiger partial charge in [-0.25, -0.2) is 0 Å². The average Bonchev–Trinajstić information content (AvgIpc) is 2.59. The molecule has 80 valence electrons. The first-order valence-corrected chi connectivity index (χ1v) is 5.09. The fourth-order valence-electron chi connectivity index (χ4n) is 1.34. The number of esters is 2. The number of carbonyl (C=O) groups excluding carboxylic acids is 2. The summed E-state index contributed by atoms with van der Waals surface area (Å²) in [4.78, 5) is 22.3. The zero-order chi connectivity index (χ0) is 10.4. The van der Waals surface area contributed by atoms with E-state index in [-0.39, 0.29) is 0 Å². The van der Waals surface area contributed by atoms with Gasteiger partial charge < -0.3 is 9.47 Å². The predicted molar refractivity (Wildman–Crippen MR) is 49.6 cm³/mol. The summed E-state index contributed by atoms with van der Waals surface area (Å²) >= 11 is 0. The molecular weight excluding hydrogens is 184 g/mol. The van der Waals surface area contributed by atoms with Crippen LogP contribution in [-0.2, 0) is 19.1 Å². The Morgan fingerprint density at radius 3 is 2.93 bits per heavy atom. The van der Waals surface area contributed by atoms with Crippen molar-refractivity contribution in [3.8, 4) is 0 Å². The lowest BCUT2D eigenvalue weighted by Crippen LogP contribution is -2.22. The number of hydrogen-bond donors (Lipinski definition) is 0. The van der Waals surface area contributed by atoms with Gasteiger partial charge in [-0.05, 0) is 6.42 Å². The molecule has 0 saturated carbocycles. The molecule has 1 heterocycles. The standard InChI is InChI=1S/C10H16O4/c1-2-3-4-6-13-9(11)8-5-7-14-10(8)12/h8H,2-7H2,1H3. The van der Waals surface area contributed by atoms with Crippen LogP contribution in [0.5, 0.6) is 0 Å². The van der Waals surface area contributed by atoms with E-state index < -0.39 is 17.9 Å². The third kappa shape index (κ3) is 3.01. The fraction of sp³-hybridized carbons (Fsp3) is 0.800. The maximum atomic E-state index is 11.3. The van der Waals surface area contributed by atoms with Crippen LogP contribution < -0.4 is 0 Å². The van der Waals surface area contributed by atoms with Crippen molar-refractivity contribution in [1.82, 2.24) is 0 Å². The highest BCUT2D eigenvalue weighted by Gasteiger charge is 2.34. The van der Waals surface area contributed by atoms with Gasteiger partial charge in [0.05, 0.1) is 13.2 Å². The highest BCUT2D eigenvalue weighted by molar-refractivity contribution is 5.95. The van der Waals surface area contributed by atoms with E-state index in [9.17, 15) is 9.59 Å². The van der Waals surface area contributed by atoms with Crippen molar-refractivity contribution in [1.29, 1.82) is 0 Å². The van der Waals surface area contributed by atoms with Crippen molar-refractivity contribution < 1.29 is 19.1 Å². The number of rotatable bonds is 5. The first-order chi connectivity index (χ1) is 6.75. The average molecular weight is 200 g/mol. The highest BCUT2D eigenvalue weighted by atomic mass is 16.6. The zero-order valence-electron chi connectivity index (χ0n) is 8.45. The molecule has 0 amide bonds. The lowest BCUT2D eigenvalue weighted by Gasteiger charge is -2.06. The number of ether oxygens (including phenoxy) is 2. The quantitative estimate of drug-likeness (QED) is 0.381. The molecule has 0 aromatic heterocycles. The predicted octanol–water partition coefficient (Wildman–Crippen LogP) is 1.28. The van der Waals surface area contributed by atoms with E-state index in [0.717, 1.165) is 19.3 Å². The van der Waals surface area contributed by atoms with Gasteiger partial charge >= 0.3 is 11.9 Å². The Hall–Kier alpha value is -1.06. The summed E-state index contributed by atoms with van der Waals surface area (Å²) in [6, 6.07) is 0. The van der Waals surface area contributed by atoms with E-state index in [1.165, 1.54) is 0 Å². The first-order valence-electron chi connectivity index (χ1n) is 5.09. The summed E-state index contributed by atoms with van der Waals surface area (Å²) in [7, 11) is 0. The minimum atomic E-state index is -0.670. The minimum Gasteiger partial charge on any atom is -0.465 e. The van der Waals surface area contributed by atoms with Crippen molar-refractivity contribution >= 4 is 11.9 Å². The summed E-state index contributed by atoms with van der Waals surface area (Å²) in [6.07, 6.45) is 3.46. The van der Waals surface area contributed by atoms with Gasteiger partial charge in [0.1, 0.15) is 0 Å². The molecule has 1 aliphatic rings. The second-order valence-electron chi connectivity index (χ2n) is 3.38. The van der Waals surface area contributed by atoms with Crippen LogP contribution in [0.1, 0.15) is 32.6 Å². The monoisotopic (exact) mass is 200 g/mol. The van der Waals surface area contributed by atoms with Gasteiger partial charge in [0, 0.05) is 6.42 Å². The molecule has 1 saturated heterocycles. The maximum Gasteiger partial charge on any atom is 0.320 e. The van der Waals surface area contributed by atoms with Crippen LogP contribution in [0.2, 0.25) is 0 Å². The molecular formula is C10H16O4. The van der Waals surface area contributed by atoms with E-state index >= 15 is 0 Å². The summed E-state index contributed by atoms with van der Waals surface area (Å²) in [5, 5.41) is 0. The van der Waals surface area contributed by atoms with Gasteiger partial charge in [0.15, 0.2) is 5.92 Å². The SMILES string of the molecule is CCCCCOC(=O)C1CCOC1=O. The van der Waals surface area contributed by atoms with E-state index in [1.807, 2.05) is 0 Å². The van der Waals surface area contributed by atoms with Crippen molar-refractivity contribution in [2.24, 2.45) is 5.92 Å². The molecule has 0 spiro atoms. The molecule has 0 aliphatic carbocycles. The molecule has 1 aliphatic heterocycles. The number of unbranched alkanes of at least 4 members (excludes halogenated alkanes) is 2. The molecule has 1 fully saturated rings. The van der Waals surface area contributed by atoms with E-state index in [4.69, 9.17) is 4.74 Å². The Morgan fingerprint density at radius 2 is 2.36 bits per heavy atom. The van der Waals surface area contributed by atoms with Gasteiger partial charge in [-0.15, -0.1) is 0 Å². The number of cyclic esters (lactones) is 1. The van der Waals surface area contributed by atoms with Crippen LogP contribution in [0, 0.1) is 5.92 Å². The van der Waals surface area contributed by atoms with Gasteiger partial charge in [-0.1, -0.05) is 19.8 Å². The lowest BCUT2D eigenvalue weighted by molar-refractivity contribution is -0.156. The molecule has 0 radical (unpaired) electrons. The van der Waals surface area contributed by atoms with Crippen molar-refractivity contribution in [2.45, 2.75) is 32.6 Å². The third-order valence-corrected chi connectivity index (χ3v) is 2.21. The fourth-order valence-corrected chi connectivity index (χ4v) is 1.34. The smallest absolute Gasteiger partial charge is 0.320 e. The van der Waals surface area contributed by atoms with Crippen LogP contribution in [0.3, 0.4) is 0 Å². The van der Waals surface area contributed by atoms with Crippen LogP contribution in [0.15, 0.2) is 0 Å². The lowest BCUT2D eigenvalue weighted by atomic mass is 10.1. The molecule has 0 aromatic carbocycles. The minimum absolute atomic E-state index is 0.341. The zero-order valence-corrected chi connectivity index (χ0v) is 8.45. The van der Waals surface area contributed by atoms with E-state index in [0.29, 0.717) is 19.6 Å². The Labute approximate surface area is 83.6 Å². The molecule has 0 aromatic rings. The third-order valence-electron chi connectivity index (χ3n) is 2.21. The second-order valence-corrected chi connectivity index (χ2v) is 3.38. The topological polar surface area (TPSA) is 52.6 Å². The molecule has 1 atom stereocenters. The van der Waals surface area contributed by atoms with Gasteiger partial charge in [-0.2, -0.15) is 0 Å². The summed E-state index contributed by atoms with van der Waals surface area (Å²) in [5.41, 5.74) is 0. The Bertz CT molecular complexity index is 212. The van der Waals surface area contributed by atoms with Gasteiger partial charge in [0.25, 0.3) is 0 Å². The number of carbonyl (C=O) groups is 2. The van der Waals surface area contributed by atoms with E-state index in [1.54, 1.807) is 0 Å². The largest absolute Gasteiger partial charge is 0.465 e. The van der Waals surface area contributed by atoms with Crippen molar-refractivity contribution in [3.05, 3.63) is 0 Å². The van der Waals surface area contributed by atoms with Crippen LogP contribution >= 0.6 is 0 Å². The Morgan fingerprint density at radius 1 is 1.57 bits per heavy atom. The molecule has 4 nitrogen and oxygen atoms in total. The number of hydrogen-bond acceptors (Lipinski definition) is 4. The summed E-state index contributed by atoms with van der Waals surface area (Å²) in [6.45, 7) is 2.83. The van der Waals surface area contributed by atoms with Crippen molar-refractivity contribution in [2.75, 3.05) is 13.2 Å². The maximum absolute atomic E-state index is 11.3. The molecule has 4 heteroatoms. The van der Waals surface area contributed by atoms with Gasteiger partial charge in [0.2, 0.25) is 0 Å². The van der Waals surface area contributed by atoms with E-state index in [2.05, 4.69) is 11.7 Å². The second kappa shape index (κ2) is 5.62. The highest BCUT2D eigenvalue weighted by Crippen LogP contribution is 2.15. The normalized spacial score (nSPS) is 20.6. The Balaban J connectivity index is 2.18. The molecule has 1 unspecified atom stereocenters. The molecule has 0 N–H and O–H groups in total. The summed E-state index contributed by atoms with van der Waals surface area (Å²) in [5.74, 6) is -1.54. The van der Waals surface area contributed by atoms with Crippen molar-refractivity contribution in [3.63, 3.8) is 0 Å². The first kappa shape index (κ1) is 11.0. The van der Waals surface area contributed by atoms with Crippen LogP contribution in [0.4, 0.5) is 0 Å². The van der Waals surface area contributed by atoms with Gasteiger partial charge in [-0.3, -0.25) is 9.59 Å². The van der Waals surface area contributed by atoms with Crippen LogP contribution in [-0.4, -0.2) is 25.2 Å².